The zero-order chi connectivity index (χ0) is 54.1. The number of carbonyl (C=O) groups is 3. The van der Waals surface area contributed by atoms with Gasteiger partial charge in [-0.05, 0) is 51.4 Å². The van der Waals surface area contributed by atoms with E-state index < -0.39 is 57.8 Å². The van der Waals surface area contributed by atoms with Gasteiger partial charge in [-0.25, -0.2) is 4.57 Å². The number of rotatable bonds is 58. The van der Waals surface area contributed by atoms with Crippen molar-refractivity contribution in [2.24, 2.45) is 0 Å². The molecular formula is C62H115O11P. The van der Waals surface area contributed by atoms with Gasteiger partial charge in [-0.1, -0.05) is 269 Å². The zero-order valence-electron chi connectivity index (χ0n) is 48.1. The largest absolute Gasteiger partial charge is 0.472 e. The molecular weight excluding hydrogens is 952 g/mol. The number of ether oxygens (including phenoxy) is 3. The molecule has 0 saturated carbocycles. The van der Waals surface area contributed by atoms with Gasteiger partial charge >= 0.3 is 25.7 Å². The molecule has 0 rings (SSSR count). The molecule has 0 aromatic rings. The smallest absolute Gasteiger partial charge is 0.462 e. The molecule has 0 aliphatic heterocycles. The van der Waals surface area contributed by atoms with Crippen LogP contribution in [-0.2, 0) is 42.2 Å². The predicted molar refractivity (Wildman–Crippen MR) is 307 cm³/mol. The van der Waals surface area contributed by atoms with Crippen LogP contribution in [0.25, 0.3) is 0 Å². The Hall–Kier alpha value is -2.30. The van der Waals surface area contributed by atoms with E-state index in [-0.39, 0.29) is 25.9 Å². The third-order valence-corrected chi connectivity index (χ3v) is 14.5. The number of phosphoric ester groups is 1. The van der Waals surface area contributed by atoms with Gasteiger partial charge in [0.15, 0.2) is 6.10 Å². The summed E-state index contributed by atoms with van der Waals surface area (Å²) in [5, 5.41) is 9.84. The fourth-order valence-electron chi connectivity index (χ4n) is 8.90. The molecule has 0 radical (unpaired) electrons. The number of aliphatic hydroxyl groups excluding tert-OH is 1. The molecule has 0 aromatic carbocycles. The number of hydrogen-bond donors (Lipinski definition) is 2. The third kappa shape index (κ3) is 54.5. The van der Waals surface area contributed by atoms with Gasteiger partial charge in [-0.3, -0.25) is 23.4 Å². The van der Waals surface area contributed by atoms with Crippen molar-refractivity contribution in [3.8, 4) is 0 Å². The van der Waals surface area contributed by atoms with E-state index in [1.807, 2.05) is 0 Å². The maximum atomic E-state index is 12.9. The quantitative estimate of drug-likeness (QED) is 0.0197. The molecule has 2 N–H and O–H groups in total. The summed E-state index contributed by atoms with van der Waals surface area (Å²) in [6, 6.07) is 0. The second-order valence-corrected chi connectivity index (χ2v) is 22.3. The average molecular weight is 1070 g/mol. The van der Waals surface area contributed by atoms with Crippen molar-refractivity contribution < 1.29 is 52.2 Å². The Labute approximate surface area is 454 Å². The van der Waals surface area contributed by atoms with E-state index in [0.29, 0.717) is 19.3 Å². The van der Waals surface area contributed by atoms with Gasteiger partial charge in [-0.15, -0.1) is 0 Å². The summed E-state index contributed by atoms with van der Waals surface area (Å²) in [5.74, 6) is -1.45. The summed E-state index contributed by atoms with van der Waals surface area (Å²) >= 11 is 0. The first-order chi connectivity index (χ1) is 36.2. The lowest BCUT2D eigenvalue weighted by Gasteiger charge is -2.21. The lowest BCUT2D eigenvalue weighted by atomic mass is 10.0. The van der Waals surface area contributed by atoms with Gasteiger partial charge in [0.05, 0.1) is 19.8 Å². The number of phosphoric acid groups is 1. The Morgan fingerprint density at radius 1 is 0.392 bits per heavy atom. The second kappa shape index (κ2) is 56.9. The van der Waals surface area contributed by atoms with Crippen molar-refractivity contribution >= 4 is 25.7 Å². The van der Waals surface area contributed by atoms with Gasteiger partial charge in [-0.2, -0.15) is 0 Å². The van der Waals surface area contributed by atoms with Gasteiger partial charge in [0.1, 0.15) is 12.7 Å². The summed E-state index contributed by atoms with van der Waals surface area (Å²) < 4.78 is 39.6. The van der Waals surface area contributed by atoms with Crippen molar-refractivity contribution in [1.82, 2.24) is 0 Å². The maximum absolute atomic E-state index is 12.9. The zero-order valence-corrected chi connectivity index (χ0v) is 49.0. The van der Waals surface area contributed by atoms with E-state index >= 15 is 0 Å². The van der Waals surface area contributed by atoms with Crippen LogP contribution in [0.1, 0.15) is 303 Å². The molecule has 0 heterocycles. The number of carbonyl (C=O) groups excluding carboxylic acids is 3. The van der Waals surface area contributed by atoms with Crippen molar-refractivity contribution in [3.63, 3.8) is 0 Å². The molecule has 0 aliphatic carbocycles. The average Bonchev–Trinajstić information content (AvgIpc) is 3.39. The second-order valence-electron chi connectivity index (χ2n) is 20.9. The molecule has 0 amide bonds. The van der Waals surface area contributed by atoms with E-state index in [2.05, 4.69) is 57.2 Å². The highest BCUT2D eigenvalue weighted by molar-refractivity contribution is 7.47. The van der Waals surface area contributed by atoms with Crippen LogP contribution in [0.3, 0.4) is 0 Å². The minimum Gasteiger partial charge on any atom is -0.462 e. The molecule has 0 aliphatic rings. The molecule has 434 valence electrons. The Morgan fingerprint density at radius 2 is 0.703 bits per heavy atom. The predicted octanol–water partition coefficient (Wildman–Crippen LogP) is 18.4. The van der Waals surface area contributed by atoms with Gasteiger partial charge in [0.2, 0.25) is 0 Å². The summed E-state index contributed by atoms with van der Waals surface area (Å²) in [7, 11) is -4.75. The Kier molecular flexibility index (Phi) is 55.1. The third-order valence-electron chi connectivity index (χ3n) is 13.6. The molecule has 0 spiro atoms. The van der Waals surface area contributed by atoms with Crippen LogP contribution >= 0.6 is 7.82 Å². The number of aliphatic hydroxyl groups is 1. The first-order valence-corrected chi connectivity index (χ1v) is 32.4. The molecule has 0 fully saturated rings. The summed E-state index contributed by atoms with van der Waals surface area (Å²) in [6.07, 6.45) is 59.5. The number of unbranched alkanes of at least 4 members (excludes halogenated alkanes) is 35. The molecule has 0 bridgehead atoms. The van der Waals surface area contributed by atoms with E-state index in [1.54, 1.807) is 0 Å². The van der Waals surface area contributed by atoms with Crippen molar-refractivity contribution in [2.45, 2.75) is 315 Å². The van der Waals surface area contributed by atoms with Gasteiger partial charge in [0.25, 0.3) is 0 Å². The normalized spacial score (nSPS) is 13.5. The summed E-state index contributed by atoms with van der Waals surface area (Å²) in [5.41, 5.74) is 0. The Bertz CT molecular complexity index is 1380. The van der Waals surface area contributed by atoms with Crippen LogP contribution in [0.5, 0.6) is 0 Å². The highest BCUT2D eigenvalue weighted by atomic mass is 31.2. The standard InChI is InChI=1S/C62H115O11P/c1-4-7-10-13-16-19-22-25-27-29-31-34-37-40-43-46-49-52-61(65)72-58(54-63)56-70-74(67,68)71-57-59(55-69-60(64)51-48-45-42-39-36-33-24-21-18-15-12-9-6-3)73-62(66)53-50-47-44-41-38-35-32-30-28-26-23-20-17-14-11-8-5-2/h8,11,17,20,26,28,58-59,63H,4-7,9-10,12-16,18-19,21-25,27,29-57H2,1-3H3,(H,67,68)/b11-8-,20-17-,28-26-. The van der Waals surface area contributed by atoms with E-state index in [9.17, 15) is 28.9 Å². The summed E-state index contributed by atoms with van der Waals surface area (Å²) in [6.45, 7) is 4.59. The van der Waals surface area contributed by atoms with Crippen LogP contribution in [-0.4, -0.2) is 66.5 Å². The van der Waals surface area contributed by atoms with Crippen molar-refractivity contribution in [3.05, 3.63) is 36.5 Å². The highest BCUT2D eigenvalue weighted by Gasteiger charge is 2.28. The molecule has 3 unspecified atom stereocenters. The SMILES string of the molecule is CC/C=C\C/C=C\C/C=C\CCCCCCCCCC(=O)OC(COC(=O)CCCCCCCCCCCCCCC)COP(=O)(O)OCC(CO)OC(=O)CCCCCCCCCCCCCCCCCCC. The molecule has 3 atom stereocenters. The molecule has 12 heteroatoms. The van der Waals surface area contributed by atoms with E-state index in [0.717, 1.165) is 89.9 Å². The molecule has 0 aromatic heterocycles. The topological polar surface area (TPSA) is 155 Å². The van der Waals surface area contributed by atoms with Crippen LogP contribution in [0.2, 0.25) is 0 Å². The number of esters is 3. The van der Waals surface area contributed by atoms with E-state index in [1.165, 1.54) is 154 Å². The van der Waals surface area contributed by atoms with Crippen LogP contribution < -0.4 is 0 Å². The van der Waals surface area contributed by atoms with Crippen molar-refractivity contribution in [2.75, 3.05) is 26.4 Å². The molecule has 11 nitrogen and oxygen atoms in total. The molecule has 74 heavy (non-hydrogen) atoms. The molecule has 0 saturated heterocycles. The van der Waals surface area contributed by atoms with Crippen LogP contribution in [0, 0.1) is 0 Å². The monoisotopic (exact) mass is 1070 g/mol. The van der Waals surface area contributed by atoms with Gasteiger partial charge < -0.3 is 24.2 Å². The summed E-state index contributed by atoms with van der Waals surface area (Å²) in [4.78, 5) is 48.6. The minimum absolute atomic E-state index is 0.161. The fourth-order valence-corrected chi connectivity index (χ4v) is 9.69. The lowest BCUT2D eigenvalue weighted by molar-refractivity contribution is -0.161. The van der Waals surface area contributed by atoms with E-state index in [4.69, 9.17) is 23.3 Å². The van der Waals surface area contributed by atoms with Crippen molar-refractivity contribution in [1.29, 1.82) is 0 Å². The first-order valence-electron chi connectivity index (χ1n) is 30.9. The number of hydrogen-bond acceptors (Lipinski definition) is 10. The van der Waals surface area contributed by atoms with Crippen LogP contribution in [0.15, 0.2) is 36.5 Å². The maximum Gasteiger partial charge on any atom is 0.472 e. The Balaban J connectivity index is 4.64. The lowest BCUT2D eigenvalue weighted by Crippen LogP contribution is -2.30. The number of allylic oxidation sites excluding steroid dienone is 6. The fraction of sp³-hybridized carbons (Fsp3) is 0.855. The van der Waals surface area contributed by atoms with Crippen LogP contribution in [0.4, 0.5) is 0 Å². The first kappa shape index (κ1) is 71.7. The Morgan fingerprint density at radius 3 is 1.08 bits per heavy atom. The highest BCUT2D eigenvalue weighted by Crippen LogP contribution is 2.43. The minimum atomic E-state index is -4.75. The van der Waals surface area contributed by atoms with Gasteiger partial charge in [0, 0.05) is 19.3 Å².